The van der Waals surface area contributed by atoms with Crippen molar-refractivity contribution < 1.29 is 0 Å². The zero-order chi connectivity index (χ0) is 8.97. The molecule has 2 heteroatoms. The van der Waals surface area contributed by atoms with Crippen LogP contribution in [0.3, 0.4) is 0 Å². The summed E-state index contributed by atoms with van der Waals surface area (Å²) in [5, 5.41) is 0. The topological polar surface area (TPSA) is 25.2 Å². The van der Waals surface area contributed by atoms with Crippen LogP contribution in [-0.2, 0) is 0 Å². The summed E-state index contributed by atoms with van der Waals surface area (Å²) in [6, 6.07) is 0. The molecular formula is C10H10N2. The molecule has 0 unspecified atom stereocenters. The van der Waals surface area contributed by atoms with E-state index in [0.29, 0.717) is 0 Å². The Labute approximate surface area is 72.4 Å². The Morgan fingerprint density at radius 2 is 2.33 bits per heavy atom. The number of hydrogen-bond donors (Lipinski definition) is 0. The summed E-state index contributed by atoms with van der Waals surface area (Å²) < 4.78 is 0. The van der Waals surface area contributed by atoms with Gasteiger partial charge in [-0.15, -0.1) is 6.42 Å². The standard InChI is InChI=1S/C10H10N2/c1-4-9-7-11-6-8(3)10(9)12-5-2/h1,5-7H,2-3H3/b12-5-. The Morgan fingerprint density at radius 1 is 1.58 bits per heavy atom. The first-order valence-corrected chi connectivity index (χ1v) is 3.69. The van der Waals surface area contributed by atoms with Gasteiger partial charge in [-0.1, -0.05) is 5.92 Å². The van der Waals surface area contributed by atoms with E-state index in [0.717, 1.165) is 16.8 Å². The maximum absolute atomic E-state index is 5.29. The summed E-state index contributed by atoms with van der Waals surface area (Å²) >= 11 is 0. The molecule has 0 aliphatic carbocycles. The molecule has 0 aromatic carbocycles. The molecule has 1 aromatic heterocycles. The minimum absolute atomic E-state index is 0.744. The maximum Gasteiger partial charge on any atom is 0.0842 e. The second-order valence-corrected chi connectivity index (χ2v) is 2.38. The van der Waals surface area contributed by atoms with E-state index >= 15 is 0 Å². The van der Waals surface area contributed by atoms with Gasteiger partial charge in [-0.25, -0.2) is 0 Å². The Bertz CT molecular complexity index is 345. The lowest BCUT2D eigenvalue weighted by Crippen LogP contribution is -1.83. The van der Waals surface area contributed by atoms with Gasteiger partial charge in [0.15, 0.2) is 0 Å². The first-order valence-electron chi connectivity index (χ1n) is 3.69. The van der Waals surface area contributed by atoms with Crippen molar-refractivity contribution in [3.05, 3.63) is 23.5 Å². The lowest BCUT2D eigenvalue weighted by molar-refractivity contribution is 1.24. The zero-order valence-electron chi connectivity index (χ0n) is 7.20. The number of hydrogen-bond acceptors (Lipinski definition) is 2. The molecule has 0 saturated carbocycles. The van der Waals surface area contributed by atoms with E-state index in [1.165, 1.54) is 0 Å². The zero-order valence-corrected chi connectivity index (χ0v) is 7.20. The van der Waals surface area contributed by atoms with Crippen LogP contribution in [0.25, 0.3) is 0 Å². The summed E-state index contributed by atoms with van der Waals surface area (Å²) in [6.45, 7) is 3.80. The summed E-state index contributed by atoms with van der Waals surface area (Å²) in [7, 11) is 0. The molecule has 0 bridgehead atoms. The molecular weight excluding hydrogens is 148 g/mol. The molecule has 0 saturated heterocycles. The van der Waals surface area contributed by atoms with E-state index in [1.807, 2.05) is 13.8 Å². The van der Waals surface area contributed by atoms with Crippen molar-refractivity contribution >= 4 is 11.9 Å². The van der Waals surface area contributed by atoms with Gasteiger partial charge in [0.05, 0.1) is 11.3 Å². The van der Waals surface area contributed by atoms with Crippen LogP contribution in [0.4, 0.5) is 5.69 Å². The largest absolute Gasteiger partial charge is 0.263 e. The highest BCUT2D eigenvalue weighted by Crippen LogP contribution is 2.20. The molecule has 0 spiro atoms. The lowest BCUT2D eigenvalue weighted by Gasteiger charge is -2.00. The van der Waals surface area contributed by atoms with E-state index in [1.54, 1.807) is 18.6 Å². The quantitative estimate of drug-likeness (QED) is 0.454. The third-order valence-corrected chi connectivity index (χ3v) is 1.51. The van der Waals surface area contributed by atoms with Crippen LogP contribution in [-0.4, -0.2) is 11.2 Å². The Kier molecular flexibility index (Phi) is 2.60. The van der Waals surface area contributed by atoms with Gasteiger partial charge in [0.25, 0.3) is 0 Å². The third-order valence-electron chi connectivity index (χ3n) is 1.51. The van der Waals surface area contributed by atoms with E-state index in [9.17, 15) is 0 Å². The van der Waals surface area contributed by atoms with E-state index < -0.39 is 0 Å². The predicted molar refractivity (Wildman–Crippen MR) is 50.7 cm³/mol. The minimum Gasteiger partial charge on any atom is -0.263 e. The fraction of sp³-hybridized carbons (Fsp3) is 0.200. The third kappa shape index (κ3) is 1.51. The van der Waals surface area contributed by atoms with Crippen molar-refractivity contribution in [2.45, 2.75) is 13.8 Å². The van der Waals surface area contributed by atoms with Gasteiger partial charge >= 0.3 is 0 Å². The second kappa shape index (κ2) is 3.68. The number of aliphatic imine (C=N–C) groups is 1. The number of pyridine rings is 1. The van der Waals surface area contributed by atoms with Crippen LogP contribution in [0.1, 0.15) is 18.1 Å². The minimum atomic E-state index is 0.744. The molecule has 0 atom stereocenters. The first kappa shape index (κ1) is 8.48. The summed E-state index contributed by atoms with van der Waals surface area (Å²) in [5.74, 6) is 2.54. The van der Waals surface area contributed by atoms with Crippen molar-refractivity contribution in [2.24, 2.45) is 4.99 Å². The van der Waals surface area contributed by atoms with Gasteiger partial charge in [-0.2, -0.15) is 0 Å². The first-order chi connectivity index (χ1) is 5.79. The molecule has 1 aromatic rings. The SMILES string of the molecule is C#Cc1cncc(C)c1/N=C\C. The number of nitrogens with zero attached hydrogens (tertiary/aromatic N) is 2. The highest BCUT2D eigenvalue weighted by molar-refractivity contribution is 5.66. The average molecular weight is 158 g/mol. The molecule has 12 heavy (non-hydrogen) atoms. The normalized spacial score (nSPS) is 10.1. The molecule has 0 aliphatic rings. The number of aryl methyl sites for hydroxylation is 1. The van der Waals surface area contributed by atoms with Crippen LogP contribution in [0.5, 0.6) is 0 Å². The number of terminal acetylenes is 1. The molecule has 1 rings (SSSR count). The van der Waals surface area contributed by atoms with Gasteiger partial charge < -0.3 is 0 Å². The average Bonchev–Trinajstić information content (AvgIpc) is 2.09. The Morgan fingerprint density at radius 3 is 2.92 bits per heavy atom. The van der Waals surface area contributed by atoms with E-state index in [-0.39, 0.29) is 0 Å². The lowest BCUT2D eigenvalue weighted by atomic mass is 10.2. The fourth-order valence-corrected chi connectivity index (χ4v) is 0.964. The molecule has 1 heterocycles. The van der Waals surface area contributed by atoms with Crippen molar-refractivity contribution in [3.63, 3.8) is 0 Å². The van der Waals surface area contributed by atoms with E-state index in [4.69, 9.17) is 6.42 Å². The van der Waals surface area contributed by atoms with Crippen LogP contribution in [0, 0.1) is 19.3 Å². The van der Waals surface area contributed by atoms with Crippen molar-refractivity contribution in [1.29, 1.82) is 0 Å². The summed E-state index contributed by atoms with van der Waals surface area (Å²) in [6.07, 6.45) is 10.4. The maximum atomic E-state index is 5.29. The van der Waals surface area contributed by atoms with Gasteiger partial charge in [0.2, 0.25) is 0 Å². The molecule has 2 nitrogen and oxygen atoms in total. The second-order valence-electron chi connectivity index (χ2n) is 2.38. The summed E-state index contributed by atoms with van der Waals surface area (Å²) in [5.41, 5.74) is 2.59. The molecule has 0 aliphatic heterocycles. The van der Waals surface area contributed by atoms with Crippen LogP contribution in [0.15, 0.2) is 17.4 Å². The van der Waals surface area contributed by atoms with Gasteiger partial charge in [-0.05, 0) is 19.4 Å². The fourth-order valence-electron chi connectivity index (χ4n) is 0.964. The predicted octanol–water partition coefficient (Wildman–Crippen LogP) is 2.09. The molecule has 60 valence electrons. The van der Waals surface area contributed by atoms with Crippen LogP contribution in [0.2, 0.25) is 0 Å². The Hall–Kier alpha value is -1.62. The van der Waals surface area contributed by atoms with Gasteiger partial charge in [0.1, 0.15) is 0 Å². The van der Waals surface area contributed by atoms with Crippen molar-refractivity contribution in [1.82, 2.24) is 4.98 Å². The number of aromatic nitrogens is 1. The van der Waals surface area contributed by atoms with Crippen LogP contribution < -0.4 is 0 Å². The molecule has 0 N–H and O–H groups in total. The highest BCUT2D eigenvalue weighted by atomic mass is 14.7. The number of rotatable bonds is 1. The molecule has 0 amide bonds. The smallest absolute Gasteiger partial charge is 0.0842 e. The Balaban J connectivity index is 3.32. The monoisotopic (exact) mass is 158 g/mol. The van der Waals surface area contributed by atoms with Gasteiger partial charge in [0, 0.05) is 18.6 Å². The van der Waals surface area contributed by atoms with E-state index in [2.05, 4.69) is 15.9 Å². The van der Waals surface area contributed by atoms with Crippen molar-refractivity contribution in [3.8, 4) is 12.3 Å². The van der Waals surface area contributed by atoms with Crippen molar-refractivity contribution in [2.75, 3.05) is 0 Å². The van der Waals surface area contributed by atoms with Gasteiger partial charge in [-0.3, -0.25) is 9.98 Å². The molecule has 0 radical (unpaired) electrons. The van der Waals surface area contributed by atoms with Crippen LogP contribution >= 0.6 is 0 Å². The highest BCUT2D eigenvalue weighted by Gasteiger charge is 2.00. The molecule has 0 fully saturated rings. The summed E-state index contributed by atoms with van der Waals surface area (Å²) in [4.78, 5) is 8.15.